The summed E-state index contributed by atoms with van der Waals surface area (Å²) in [7, 11) is 0. The van der Waals surface area contributed by atoms with Crippen LogP contribution in [-0.4, -0.2) is 29.3 Å². The molecule has 0 aromatic rings. The van der Waals surface area contributed by atoms with E-state index in [1.54, 1.807) is 20.8 Å². The first-order valence-electron chi connectivity index (χ1n) is 8.36. The van der Waals surface area contributed by atoms with Crippen LogP contribution in [0.25, 0.3) is 0 Å². The molecule has 0 N–H and O–H groups in total. The number of hydrogen-bond donors (Lipinski definition) is 0. The predicted molar refractivity (Wildman–Crippen MR) is 77.8 cm³/mol. The van der Waals surface area contributed by atoms with Gasteiger partial charge in [0.25, 0.3) is 0 Å². The van der Waals surface area contributed by atoms with Crippen molar-refractivity contribution >= 4 is 11.9 Å². The number of esters is 2. The van der Waals surface area contributed by atoms with Crippen molar-refractivity contribution in [3.63, 3.8) is 0 Å². The van der Waals surface area contributed by atoms with Crippen LogP contribution in [0.3, 0.4) is 0 Å². The Morgan fingerprint density at radius 2 is 1.29 bits per heavy atom. The number of ether oxygens (including phenoxy) is 2. The van der Waals surface area contributed by atoms with E-state index in [-0.39, 0.29) is 24.2 Å². The zero-order valence-electron chi connectivity index (χ0n) is 14.2. The quantitative estimate of drug-likeness (QED) is 0.713. The highest BCUT2D eigenvalue weighted by atomic mass is 19.4. The number of hydrogen-bond acceptors (Lipinski definition) is 4. The van der Waals surface area contributed by atoms with Crippen LogP contribution in [-0.2, 0) is 19.1 Å². The third-order valence-electron chi connectivity index (χ3n) is 5.42. The van der Waals surface area contributed by atoms with E-state index in [2.05, 4.69) is 0 Å². The average molecular weight is 348 g/mol. The highest BCUT2D eigenvalue weighted by Crippen LogP contribution is 2.60. The molecule has 136 valence electrons. The fourth-order valence-electron chi connectivity index (χ4n) is 4.94. The van der Waals surface area contributed by atoms with Crippen LogP contribution in [0.15, 0.2) is 0 Å². The van der Waals surface area contributed by atoms with Gasteiger partial charge in [0, 0.05) is 6.42 Å². The number of carbonyl (C=O) groups excluding carboxylic acids is 2. The lowest BCUT2D eigenvalue weighted by atomic mass is 9.52. The van der Waals surface area contributed by atoms with E-state index in [0.29, 0.717) is 25.7 Å². The van der Waals surface area contributed by atoms with Gasteiger partial charge in [0.2, 0.25) is 0 Å². The molecule has 0 spiro atoms. The molecule has 4 saturated carbocycles. The first-order valence-corrected chi connectivity index (χ1v) is 8.36. The standard InChI is InChI=1S/C17H23F3O4/c1-14(2,3)12(21)23-15-5-10-4-11(6-15)8-16(7-10,9-15)24-13(22)17(18,19)20/h10-11H,4-9H2,1-3H3. The largest absolute Gasteiger partial charge is 0.490 e. The molecule has 0 radical (unpaired) electrons. The molecule has 0 amide bonds. The van der Waals surface area contributed by atoms with Gasteiger partial charge in [-0.1, -0.05) is 0 Å². The summed E-state index contributed by atoms with van der Waals surface area (Å²) >= 11 is 0. The molecule has 0 heterocycles. The molecule has 0 saturated heterocycles. The van der Waals surface area contributed by atoms with Gasteiger partial charge < -0.3 is 9.47 Å². The van der Waals surface area contributed by atoms with Crippen molar-refractivity contribution in [1.29, 1.82) is 0 Å². The molecule has 0 aromatic heterocycles. The Morgan fingerprint density at radius 3 is 1.67 bits per heavy atom. The lowest BCUT2D eigenvalue weighted by Crippen LogP contribution is -2.62. The van der Waals surface area contributed by atoms with Gasteiger partial charge in [-0.2, -0.15) is 13.2 Å². The van der Waals surface area contributed by atoms with Crippen LogP contribution >= 0.6 is 0 Å². The first-order chi connectivity index (χ1) is 10.8. The van der Waals surface area contributed by atoms with Crippen molar-refractivity contribution < 1.29 is 32.2 Å². The maximum Gasteiger partial charge on any atom is 0.490 e. The van der Waals surface area contributed by atoms with Crippen LogP contribution in [0.5, 0.6) is 0 Å². The zero-order chi connectivity index (χ0) is 18.0. The molecule has 0 aromatic carbocycles. The lowest BCUT2D eigenvalue weighted by Gasteiger charge is -2.60. The van der Waals surface area contributed by atoms with Gasteiger partial charge >= 0.3 is 18.1 Å². The maximum atomic E-state index is 12.6. The van der Waals surface area contributed by atoms with Gasteiger partial charge in [-0.3, -0.25) is 4.79 Å². The van der Waals surface area contributed by atoms with E-state index in [4.69, 9.17) is 9.47 Å². The molecule has 0 aliphatic heterocycles. The van der Waals surface area contributed by atoms with Gasteiger partial charge in [-0.15, -0.1) is 0 Å². The Hall–Kier alpha value is -1.27. The van der Waals surface area contributed by atoms with Crippen molar-refractivity contribution in [3.8, 4) is 0 Å². The Balaban J connectivity index is 1.82. The van der Waals surface area contributed by atoms with E-state index in [1.165, 1.54) is 0 Å². The van der Waals surface area contributed by atoms with Crippen molar-refractivity contribution in [2.45, 2.75) is 76.7 Å². The number of carbonyl (C=O) groups is 2. The van der Waals surface area contributed by atoms with E-state index >= 15 is 0 Å². The monoisotopic (exact) mass is 348 g/mol. The molecule has 2 atom stereocenters. The second-order valence-corrected chi connectivity index (χ2v) is 8.85. The number of halogens is 3. The summed E-state index contributed by atoms with van der Waals surface area (Å²) in [5, 5.41) is 0. The zero-order valence-corrected chi connectivity index (χ0v) is 14.2. The molecule has 4 rings (SSSR count). The van der Waals surface area contributed by atoms with Crippen LogP contribution < -0.4 is 0 Å². The normalized spacial score (nSPS) is 38.1. The van der Waals surface area contributed by atoms with Crippen molar-refractivity contribution in [2.75, 3.05) is 0 Å². The van der Waals surface area contributed by atoms with Crippen LogP contribution in [0, 0.1) is 17.3 Å². The van der Waals surface area contributed by atoms with Crippen molar-refractivity contribution in [1.82, 2.24) is 0 Å². The Labute approximate surface area is 139 Å². The van der Waals surface area contributed by atoms with Crippen LogP contribution in [0.4, 0.5) is 13.2 Å². The average Bonchev–Trinajstić information content (AvgIpc) is 2.33. The van der Waals surface area contributed by atoms with Crippen molar-refractivity contribution in [3.05, 3.63) is 0 Å². The summed E-state index contributed by atoms with van der Waals surface area (Å²) in [5.41, 5.74) is -2.62. The molecular weight excluding hydrogens is 325 g/mol. The minimum absolute atomic E-state index is 0.139. The summed E-state index contributed by atoms with van der Waals surface area (Å²) in [5.74, 6) is -2.22. The second-order valence-electron chi connectivity index (χ2n) is 8.85. The second kappa shape index (κ2) is 5.11. The molecule has 7 heteroatoms. The molecule has 24 heavy (non-hydrogen) atoms. The summed E-state index contributed by atoms with van der Waals surface area (Å²) in [6.45, 7) is 5.24. The van der Waals surface area contributed by atoms with Gasteiger partial charge in [0.15, 0.2) is 0 Å². The smallest absolute Gasteiger partial charge is 0.458 e. The number of alkyl halides is 3. The fourth-order valence-corrected chi connectivity index (χ4v) is 4.94. The number of rotatable bonds is 2. The Bertz CT molecular complexity index is 501. The minimum atomic E-state index is -5.00. The molecule has 4 fully saturated rings. The van der Waals surface area contributed by atoms with Gasteiger partial charge in [0.05, 0.1) is 5.41 Å². The summed E-state index contributed by atoms with van der Waals surface area (Å²) in [4.78, 5) is 23.7. The third kappa shape index (κ3) is 3.14. The van der Waals surface area contributed by atoms with Crippen LogP contribution in [0.2, 0.25) is 0 Å². The van der Waals surface area contributed by atoms with Gasteiger partial charge in [0.1, 0.15) is 11.2 Å². The third-order valence-corrected chi connectivity index (χ3v) is 5.42. The molecule has 4 aliphatic rings. The molecule has 2 unspecified atom stereocenters. The highest BCUT2D eigenvalue weighted by molar-refractivity contribution is 5.77. The minimum Gasteiger partial charge on any atom is -0.458 e. The van der Waals surface area contributed by atoms with Gasteiger partial charge in [-0.25, -0.2) is 4.79 Å². The Morgan fingerprint density at radius 1 is 0.875 bits per heavy atom. The fraction of sp³-hybridized carbons (Fsp3) is 0.882. The molecular formula is C17H23F3O4. The summed E-state index contributed by atoms with van der Waals surface area (Å²) in [6, 6.07) is 0. The molecule has 4 aliphatic carbocycles. The van der Waals surface area contributed by atoms with Crippen molar-refractivity contribution in [2.24, 2.45) is 17.3 Å². The van der Waals surface area contributed by atoms with Crippen LogP contribution in [0.1, 0.15) is 59.3 Å². The molecule has 4 nitrogen and oxygen atoms in total. The molecule has 4 bridgehead atoms. The summed E-state index contributed by atoms with van der Waals surface area (Å²) in [6.07, 6.45) is -1.76. The van der Waals surface area contributed by atoms with E-state index in [0.717, 1.165) is 6.42 Å². The topological polar surface area (TPSA) is 52.6 Å². The lowest BCUT2D eigenvalue weighted by molar-refractivity contribution is -0.254. The van der Waals surface area contributed by atoms with E-state index in [1.807, 2.05) is 0 Å². The van der Waals surface area contributed by atoms with E-state index in [9.17, 15) is 22.8 Å². The summed E-state index contributed by atoms with van der Waals surface area (Å²) < 4.78 is 48.7. The maximum absolute atomic E-state index is 12.6. The Kier molecular flexibility index (Phi) is 3.74. The SMILES string of the molecule is CC(C)(C)C(=O)OC12CC3CC(C1)CC(OC(=O)C(F)(F)F)(C3)C2. The van der Waals surface area contributed by atoms with E-state index < -0.39 is 28.8 Å². The van der Waals surface area contributed by atoms with Gasteiger partial charge in [-0.05, 0) is 64.7 Å². The first kappa shape index (κ1) is 17.5. The highest BCUT2D eigenvalue weighted by Gasteiger charge is 2.63. The predicted octanol–water partition coefficient (Wildman–Crippen LogP) is 3.77.